The summed E-state index contributed by atoms with van der Waals surface area (Å²) < 4.78 is 0. The first-order chi connectivity index (χ1) is 12.6. The van der Waals surface area contributed by atoms with Gasteiger partial charge >= 0.3 is 0 Å². The lowest BCUT2D eigenvalue weighted by Crippen LogP contribution is -2.16. The Morgan fingerprint density at radius 3 is 2.73 bits per heavy atom. The van der Waals surface area contributed by atoms with Crippen molar-refractivity contribution >= 4 is 34.0 Å². The zero-order chi connectivity index (χ0) is 18.4. The predicted molar refractivity (Wildman–Crippen MR) is 95.6 cm³/mol. The van der Waals surface area contributed by atoms with E-state index in [-0.39, 0.29) is 18.2 Å². The van der Waals surface area contributed by atoms with Gasteiger partial charge in [-0.25, -0.2) is 15.0 Å². The summed E-state index contributed by atoms with van der Waals surface area (Å²) in [4.78, 5) is 36.0. The van der Waals surface area contributed by atoms with Crippen LogP contribution in [0.15, 0.2) is 48.1 Å². The highest BCUT2D eigenvalue weighted by Crippen LogP contribution is 2.17. The van der Waals surface area contributed by atoms with Gasteiger partial charge in [0.1, 0.15) is 0 Å². The molecule has 0 aliphatic heterocycles. The average Bonchev–Trinajstić information content (AvgIpc) is 3.09. The molecule has 2 heterocycles. The molecule has 0 fully saturated rings. The summed E-state index contributed by atoms with van der Waals surface area (Å²) >= 11 is 1.21. The average molecular weight is 364 g/mol. The van der Waals surface area contributed by atoms with Crippen molar-refractivity contribution in [2.75, 3.05) is 10.6 Å². The summed E-state index contributed by atoms with van der Waals surface area (Å²) in [6.07, 6.45) is 2.99. The second-order valence-electron chi connectivity index (χ2n) is 5.09. The van der Waals surface area contributed by atoms with E-state index in [1.54, 1.807) is 35.7 Å². The molecule has 2 aromatic heterocycles. The molecule has 0 atom stereocenters. The molecule has 0 aliphatic carbocycles. The Morgan fingerprint density at radius 2 is 1.96 bits per heavy atom. The fourth-order valence-electron chi connectivity index (χ4n) is 2.05. The van der Waals surface area contributed by atoms with Crippen molar-refractivity contribution in [3.05, 3.63) is 65.2 Å². The van der Waals surface area contributed by atoms with Gasteiger partial charge in [-0.3, -0.25) is 14.9 Å². The first kappa shape index (κ1) is 17.2. The summed E-state index contributed by atoms with van der Waals surface area (Å²) in [5.41, 5.74) is 1.52. The third-order valence-corrected chi connectivity index (χ3v) is 3.96. The topological polar surface area (TPSA) is 121 Å². The van der Waals surface area contributed by atoms with Crippen molar-refractivity contribution in [1.29, 1.82) is 5.26 Å². The number of nitrogens with zero attached hydrogens (tertiary/aromatic N) is 4. The van der Waals surface area contributed by atoms with E-state index >= 15 is 0 Å². The monoisotopic (exact) mass is 364 g/mol. The predicted octanol–water partition coefficient (Wildman–Crippen LogP) is 2.24. The number of aromatic nitrogens is 3. The second-order valence-corrected chi connectivity index (χ2v) is 5.95. The number of hydrogen-bond acceptors (Lipinski definition) is 7. The van der Waals surface area contributed by atoms with Gasteiger partial charge in [0.25, 0.3) is 5.91 Å². The SMILES string of the molecule is N#Cc1cccc(NC(=O)Cc2csc(NC(=O)c3ncccn3)n2)c1. The number of thiazole rings is 1. The van der Waals surface area contributed by atoms with Crippen molar-refractivity contribution in [3.8, 4) is 6.07 Å². The number of anilines is 2. The highest BCUT2D eigenvalue weighted by Gasteiger charge is 2.13. The Morgan fingerprint density at radius 1 is 1.15 bits per heavy atom. The van der Waals surface area contributed by atoms with Crippen molar-refractivity contribution in [2.24, 2.45) is 0 Å². The third-order valence-electron chi connectivity index (χ3n) is 3.16. The fourth-order valence-corrected chi connectivity index (χ4v) is 2.76. The molecule has 0 saturated carbocycles. The Bertz CT molecular complexity index is 980. The molecular formula is C17H12N6O2S. The zero-order valence-electron chi connectivity index (χ0n) is 13.3. The van der Waals surface area contributed by atoms with E-state index in [1.807, 2.05) is 6.07 Å². The quantitative estimate of drug-likeness (QED) is 0.716. The number of hydrogen-bond donors (Lipinski definition) is 2. The van der Waals surface area contributed by atoms with E-state index in [4.69, 9.17) is 5.26 Å². The minimum atomic E-state index is -0.468. The Kier molecular flexibility index (Phi) is 5.26. The zero-order valence-corrected chi connectivity index (χ0v) is 14.2. The molecule has 8 nitrogen and oxygen atoms in total. The molecule has 0 unspecified atom stereocenters. The number of rotatable bonds is 5. The standard InChI is InChI=1S/C17H12N6O2S/c18-9-11-3-1-4-12(7-11)21-14(24)8-13-10-26-17(22-13)23-16(25)15-19-5-2-6-20-15/h1-7,10H,8H2,(H,21,24)(H,22,23,25). The lowest BCUT2D eigenvalue weighted by atomic mass is 10.2. The summed E-state index contributed by atoms with van der Waals surface area (Å²) in [5, 5.41) is 16.2. The highest BCUT2D eigenvalue weighted by atomic mass is 32.1. The smallest absolute Gasteiger partial charge is 0.295 e. The van der Waals surface area contributed by atoms with Crippen LogP contribution in [0.5, 0.6) is 0 Å². The normalized spacial score (nSPS) is 9.96. The van der Waals surface area contributed by atoms with Crippen LogP contribution < -0.4 is 10.6 Å². The fraction of sp³-hybridized carbons (Fsp3) is 0.0588. The van der Waals surface area contributed by atoms with Gasteiger partial charge in [0.15, 0.2) is 5.13 Å². The lowest BCUT2D eigenvalue weighted by molar-refractivity contribution is -0.115. The molecule has 26 heavy (non-hydrogen) atoms. The first-order valence-corrected chi connectivity index (χ1v) is 8.35. The number of nitrogens with one attached hydrogen (secondary N) is 2. The highest BCUT2D eigenvalue weighted by molar-refractivity contribution is 7.14. The van der Waals surface area contributed by atoms with Crippen molar-refractivity contribution in [2.45, 2.75) is 6.42 Å². The van der Waals surface area contributed by atoms with Crippen LogP contribution in [0.1, 0.15) is 21.9 Å². The molecule has 3 rings (SSSR count). The van der Waals surface area contributed by atoms with Crippen LogP contribution in [0.4, 0.5) is 10.8 Å². The van der Waals surface area contributed by atoms with E-state index in [2.05, 4.69) is 25.6 Å². The molecule has 0 bridgehead atoms. The summed E-state index contributed by atoms with van der Waals surface area (Å²) in [7, 11) is 0. The summed E-state index contributed by atoms with van der Waals surface area (Å²) in [6, 6.07) is 10.3. The molecule has 0 radical (unpaired) electrons. The maximum atomic E-state index is 12.1. The second kappa shape index (κ2) is 7.96. The minimum absolute atomic E-state index is 0.0411. The van der Waals surface area contributed by atoms with E-state index in [9.17, 15) is 9.59 Å². The molecule has 2 N–H and O–H groups in total. The van der Waals surface area contributed by atoms with Crippen molar-refractivity contribution in [3.63, 3.8) is 0 Å². The van der Waals surface area contributed by atoms with Crippen LogP contribution in [0, 0.1) is 11.3 Å². The first-order valence-electron chi connectivity index (χ1n) is 7.47. The molecular weight excluding hydrogens is 352 g/mol. The van der Waals surface area contributed by atoms with Gasteiger partial charge in [0.2, 0.25) is 11.7 Å². The van der Waals surface area contributed by atoms with E-state index in [1.165, 1.54) is 23.7 Å². The maximum absolute atomic E-state index is 12.1. The van der Waals surface area contributed by atoms with E-state index in [0.29, 0.717) is 22.1 Å². The van der Waals surface area contributed by atoms with Crippen LogP contribution in [-0.4, -0.2) is 26.8 Å². The van der Waals surface area contributed by atoms with E-state index < -0.39 is 5.91 Å². The van der Waals surface area contributed by atoms with Gasteiger partial charge in [0, 0.05) is 23.5 Å². The largest absolute Gasteiger partial charge is 0.326 e. The number of carbonyl (C=O) groups excluding carboxylic acids is 2. The number of nitriles is 1. The van der Waals surface area contributed by atoms with Gasteiger partial charge < -0.3 is 5.32 Å². The Balaban J connectivity index is 1.58. The van der Waals surface area contributed by atoms with Crippen LogP contribution in [-0.2, 0) is 11.2 Å². The van der Waals surface area contributed by atoms with Crippen LogP contribution >= 0.6 is 11.3 Å². The van der Waals surface area contributed by atoms with E-state index in [0.717, 1.165) is 0 Å². The number of carbonyl (C=O) groups is 2. The van der Waals surface area contributed by atoms with Gasteiger partial charge in [-0.1, -0.05) is 6.07 Å². The molecule has 128 valence electrons. The lowest BCUT2D eigenvalue weighted by Gasteiger charge is -2.04. The number of amides is 2. The molecule has 0 saturated heterocycles. The molecule has 3 aromatic rings. The molecule has 0 aliphatic rings. The van der Waals surface area contributed by atoms with Crippen molar-refractivity contribution in [1.82, 2.24) is 15.0 Å². The van der Waals surface area contributed by atoms with Crippen LogP contribution in [0.25, 0.3) is 0 Å². The van der Waals surface area contributed by atoms with Crippen molar-refractivity contribution < 1.29 is 9.59 Å². The third kappa shape index (κ3) is 4.46. The van der Waals surface area contributed by atoms with Gasteiger partial charge in [-0.2, -0.15) is 5.26 Å². The summed E-state index contributed by atoms with van der Waals surface area (Å²) in [5.74, 6) is -0.696. The molecule has 1 aromatic carbocycles. The molecule has 0 spiro atoms. The Labute approximate surface area is 152 Å². The van der Waals surface area contributed by atoms with Gasteiger partial charge in [0.05, 0.1) is 23.7 Å². The van der Waals surface area contributed by atoms with Gasteiger partial charge in [-0.15, -0.1) is 11.3 Å². The summed E-state index contributed by atoms with van der Waals surface area (Å²) in [6.45, 7) is 0. The van der Waals surface area contributed by atoms with Crippen LogP contribution in [0.2, 0.25) is 0 Å². The maximum Gasteiger partial charge on any atom is 0.295 e. The molecule has 9 heteroatoms. The van der Waals surface area contributed by atoms with Crippen LogP contribution in [0.3, 0.4) is 0 Å². The molecule has 2 amide bonds. The van der Waals surface area contributed by atoms with Gasteiger partial charge in [-0.05, 0) is 24.3 Å². The number of benzene rings is 1. The minimum Gasteiger partial charge on any atom is -0.326 e. The Hall–Kier alpha value is -3.64.